The summed E-state index contributed by atoms with van der Waals surface area (Å²) in [6.07, 6.45) is 3.31. The first kappa shape index (κ1) is 12.8. The van der Waals surface area contributed by atoms with Crippen LogP contribution < -0.4 is 0 Å². The average Bonchev–Trinajstić information content (AvgIpc) is 2.35. The molecule has 0 unspecified atom stereocenters. The smallest absolute Gasteiger partial charge is 0.316 e. The third-order valence-corrected chi connectivity index (χ3v) is 4.50. The molecule has 0 radical (unpaired) electrons. The number of likely N-dealkylation sites (N-methyl/N-ethyl adjacent to an activating group) is 1. The summed E-state index contributed by atoms with van der Waals surface area (Å²) in [5, 5.41) is -0.390. The highest BCUT2D eigenvalue weighted by Gasteiger charge is 2.10. The van der Waals surface area contributed by atoms with E-state index in [4.69, 9.17) is 11.6 Å². The van der Waals surface area contributed by atoms with E-state index in [1.165, 1.54) is 39.5 Å². The SMILES string of the molecule is CN(CCc1ccc2c(c1)CCCS2)C(=O)Cl. The van der Waals surface area contributed by atoms with E-state index < -0.39 is 5.37 Å². The van der Waals surface area contributed by atoms with Gasteiger partial charge in [-0.3, -0.25) is 4.79 Å². The monoisotopic (exact) mass is 269 g/mol. The number of aryl methyl sites for hydroxylation is 1. The van der Waals surface area contributed by atoms with Gasteiger partial charge in [0.2, 0.25) is 0 Å². The van der Waals surface area contributed by atoms with Gasteiger partial charge in [-0.05, 0) is 53.8 Å². The largest absolute Gasteiger partial charge is 0.332 e. The third kappa shape index (κ3) is 3.39. The molecule has 1 heterocycles. The van der Waals surface area contributed by atoms with E-state index in [0.717, 1.165) is 6.42 Å². The average molecular weight is 270 g/mol. The number of benzene rings is 1. The summed E-state index contributed by atoms with van der Waals surface area (Å²) < 4.78 is 0. The molecule has 0 aliphatic carbocycles. The van der Waals surface area contributed by atoms with Gasteiger partial charge in [0, 0.05) is 18.5 Å². The molecule has 1 aliphatic heterocycles. The van der Waals surface area contributed by atoms with Crippen molar-refractivity contribution in [1.29, 1.82) is 0 Å². The van der Waals surface area contributed by atoms with Crippen molar-refractivity contribution in [2.24, 2.45) is 0 Å². The maximum Gasteiger partial charge on any atom is 0.316 e. The van der Waals surface area contributed by atoms with Crippen LogP contribution in [0, 0.1) is 0 Å². The summed E-state index contributed by atoms with van der Waals surface area (Å²) in [5.41, 5.74) is 2.75. The van der Waals surface area contributed by atoms with Crippen molar-refractivity contribution in [2.45, 2.75) is 24.2 Å². The van der Waals surface area contributed by atoms with Crippen LogP contribution in [0.25, 0.3) is 0 Å². The van der Waals surface area contributed by atoms with E-state index >= 15 is 0 Å². The fraction of sp³-hybridized carbons (Fsp3) is 0.462. The normalized spacial score (nSPS) is 14.2. The Bertz CT molecular complexity index is 422. The second-order valence-corrected chi connectivity index (χ2v) is 5.78. The van der Waals surface area contributed by atoms with Crippen LogP contribution >= 0.6 is 23.4 Å². The minimum absolute atomic E-state index is 0.390. The zero-order chi connectivity index (χ0) is 12.3. The van der Waals surface area contributed by atoms with Crippen LogP contribution in [0.4, 0.5) is 4.79 Å². The molecule has 92 valence electrons. The van der Waals surface area contributed by atoms with Gasteiger partial charge in [0.15, 0.2) is 0 Å². The van der Waals surface area contributed by atoms with Crippen molar-refractivity contribution in [2.75, 3.05) is 19.3 Å². The van der Waals surface area contributed by atoms with Crippen molar-refractivity contribution in [3.05, 3.63) is 29.3 Å². The Hall–Kier alpha value is -0.670. The fourth-order valence-corrected chi connectivity index (χ4v) is 3.06. The molecule has 17 heavy (non-hydrogen) atoms. The first-order chi connectivity index (χ1) is 8.16. The number of halogens is 1. The fourth-order valence-electron chi connectivity index (χ4n) is 1.95. The summed E-state index contributed by atoms with van der Waals surface area (Å²) >= 11 is 7.33. The minimum Gasteiger partial charge on any atom is -0.332 e. The summed E-state index contributed by atoms with van der Waals surface area (Å²) in [6.45, 7) is 0.675. The number of fused-ring (bicyclic) bond motifs is 1. The molecule has 0 aromatic heterocycles. The van der Waals surface area contributed by atoms with E-state index in [1.54, 1.807) is 7.05 Å². The number of amides is 1. The lowest BCUT2D eigenvalue weighted by Gasteiger charge is -2.17. The van der Waals surface area contributed by atoms with Crippen molar-refractivity contribution in [1.82, 2.24) is 4.90 Å². The molecule has 2 nitrogen and oxygen atoms in total. The van der Waals surface area contributed by atoms with Crippen molar-refractivity contribution < 1.29 is 4.79 Å². The van der Waals surface area contributed by atoms with Crippen LogP contribution in [0.3, 0.4) is 0 Å². The Morgan fingerprint density at radius 3 is 3.12 bits per heavy atom. The molecule has 0 saturated heterocycles. The van der Waals surface area contributed by atoms with Gasteiger partial charge in [-0.1, -0.05) is 12.1 Å². The number of carbonyl (C=O) groups is 1. The molecule has 0 atom stereocenters. The Morgan fingerprint density at radius 2 is 2.35 bits per heavy atom. The van der Waals surface area contributed by atoms with Crippen LogP contribution in [0.2, 0.25) is 0 Å². The Labute approximate surface area is 111 Å². The number of thioether (sulfide) groups is 1. The van der Waals surface area contributed by atoms with Crippen LogP contribution in [0.1, 0.15) is 17.5 Å². The number of nitrogens with zero attached hydrogens (tertiary/aromatic N) is 1. The maximum absolute atomic E-state index is 10.9. The van der Waals surface area contributed by atoms with Gasteiger partial charge in [-0.25, -0.2) is 0 Å². The highest BCUT2D eigenvalue weighted by atomic mass is 35.5. The van der Waals surface area contributed by atoms with E-state index in [1.807, 2.05) is 11.8 Å². The van der Waals surface area contributed by atoms with Gasteiger partial charge in [-0.15, -0.1) is 11.8 Å². The molecular formula is C13H16ClNOS. The number of carbonyl (C=O) groups excluding carboxylic acids is 1. The molecule has 1 amide bonds. The van der Waals surface area contributed by atoms with Gasteiger partial charge < -0.3 is 4.90 Å². The lowest BCUT2D eigenvalue weighted by Crippen LogP contribution is -2.23. The standard InChI is InChI=1S/C13H16ClNOS/c1-15(13(14)16)7-6-10-4-5-12-11(9-10)3-2-8-17-12/h4-5,9H,2-3,6-8H2,1H3. The van der Waals surface area contributed by atoms with E-state index in [9.17, 15) is 4.79 Å². The Kier molecular flexibility index (Phi) is 4.35. The molecule has 1 aromatic carbocycles. The lowest BCUT2D eigenvalue weighted by atomic mass is 10.0. The molecule has 4 heteroatoms. The molecule has 2 rings (SSSR count). The van der Waals surface area contributed by atoms with Crippen molar-refractivity contribution >= 4 is 28.7 Å². The first-order valence-electron chi connectivity index (χ1n) is 5.82. The first-order valence-corrected chi connectivity index (χ1v) is 7.18. The quantitative estimate of drug-likeness (QED) is 0.618. The zero-order valence-corrected chi connectivity index (χ0v) is 11.5. The molecule has 0 saturated carbocycles. The molecule has 1 aromatic rings. The third-order valence-electron chi connectivity index (χ3n) is 3.01. The maximum atomic E-state index is 10.9. The Morgan fingerprint density at radius 1 is 1.53 bits per heavy atom. The number of hydrogen-bond acceptors (Lipinski definition) is 2. The zero-order valence-electron chi connectivity index (χ0n) is 9.91. The summed E-state index contributed by atoms with van der Waals surface area (Å²) in [4.78, 5) is 13.8. The predicted octanol–water partition coefficient (Wildman–Crippen LogP) is 3.56. The van der Waals surface area contributed by atoms with E-state index in [0.29, 0.717) is 6.54 Å². The highest BCUT2D eigenvalue weighted by molar-refractivity contribution is 7.99. The predicted molar refractivity (Wildman–Crippen MR) is 73.1 cm³/mol. The molecular weight excluding hydrogens is 254 g/mol. The number of rotatable bonds is 3. The van der Waals surface area contributed by atoms with Crippen molar-refractivity contribution in [3.63, 3.8) is 0 Å². The van der Waals surface area contributed by atoms with Crippen molar-refractivity contribution in [3.8, 4) is 0 Å². The molecule has 0 fully saturated rings. The van der Waals surface area contributed by atoms with E-state index in [-0.39, 0.29) is 0 Å². The second-order valence-electron chi connectivity index (χ2n) is 4.32. The van der Waals surface area contributed by atoms with Gasteiger partial charge >= 0.3 is 5.37 Å². The van der Waals surface area contributed by atoms with Gasteiger partial charge in [0.05, 0.1) is 0 Å². The van der Waals surface area contributed by atoms with Gasteiger partial charge in [0.25, 0.3) is 0 Å². The van der Waals surface area contributed by atoms with Gasteiger partial charge in [-0.2, -0.15) is 0 Å². The van der Waals surface area contributed by atoms with E-state index in [2.05, 4.69) is 18.2 Å². The Balaban J connectivity index is 2.00. The molecule has 0 spiro atoms. The van der Waals surface area contributed by atoms with Crippen LogP contribution in [0.5, 0.6) is 0 Å². The topological polar surface area (TPSA) is 20.3 Å². The summed E-state index contributed by atoms with van der Waals surface area (Å²) in [6, 6.07) is 6.63. The lowest BCUT2D eigenvalue weighted by molar-refractivity contribution is 0.232. The molecule has 0 bridgehead atoms. The van der Waals surface area contributed by atoms with Crippen LogP contribution in [-0.4, -0.2) is 29.6 Å². The molecule has 0 N–H and O–H groups in total. The van der Waals surface area contributed by atoms with Gasteiger partial charge in [0.1, 0.15) is 0 Å². The number of hydrogen-bond donors (Lipinski definition) is 0. The van der Waals surface area contributed by atoms with Crippen LogP contribution in [0.15, 0.2) is 23.1 Å². The summed E-state index contributed by atoms with van der Waals surface area (Å²) in [5.74, 6) is 1.23. The van der Waals surface area contributed by atoms with Crippen LogP contribution in [-0.2, 0) is 12.8 Å². The summed E-state index contributed by atoms with van der Waals surface area (Å²) in [7, 11) is 1.73. The highest BCUT2D eigenvalue weighted by Crippen LogP contribution is 2.30. The second kappa shape index (κ2) is 5.78. The molecule has 1 aliphatic rings. The minimum atomic E-state index is -0.390.